The summed E-state index contributed by atoms with van der Waals surface area (Å²) in [6.07, 6.45) is 2.94. The van der Waals surface area contributed by atoms with E-state index < -0.39 is 0 Å². The molecule has 0 aliphatic rings. The number of furan rings is 1. The molecule has 2 heterocycles. The molecule has 120 valence electrons. The van der Waals surface area contributed by atoms with Gasteiger partial charge in [0.05, 0.1) is 5.69 Å². The van der Waals surface area contributed by atoms with Gasteiger partial charge in [-0.2, -0.15) is 0 Å². The van der Waals surface area contributed by atoms with Gasteiger partial charge in [-0.1, -0.05) is 57.2 Å². The Morgan fingerprint density at radius 3 is 2.33 bits per heavy atom. The summed E-state index contributed by atoms with van der Waals surface area (Å²) in [4.78, 5) is 4.67. The van der Waals surface area contributed by atoms with E-state index in [-0.39, 0.29) is 0 Å². The number of nitrogens with zero attached hydrogens (tertiary/aromatic N) is 1. The van der Waals surface area contributed by atoms with Gasteiger partial charge in [0.2, 0.25) is 0 Å². The number of hydrogen-bond donors (Lipinski definition) is 0. The first-order valence-electron chi connectivity index (χ1n) is 8.58. The Bertz CT molecular complexity index is 1010. The summed E-state index contributed by atoms with van der Waals surface area (Å²) in [7, 11) is 0. The van der Waals surface area contributed by atoms with Crippen LogP contribution in [-0.4, -0.2) is 4.98 Å². The third-order valence-corrected chi connectivity index (χ3v) is 4.72. The van der Waals surface area contributed by atoms with Gasteiger partial charge >= 0.3 is 0 Å². The van der Waals surface area contributed by atoms with Crippen molar-refractivity contribution in [2.75, 3.05) is 0 Å². The summed E-state index contributed by atoms with van der Waals surface area (Å²) >= 11 is 0. The predicted molar refractivity (Wildman–Crippen MR) is 100 cm³/mol. The van der Waals surface area contributed by atoms with E-state index in [1.165, 1.54) is 16.5 Å². The Kier molecular flexibility index (Phi) is 3.61. The number of aryl methyl sites for hydroxylation is 1. The summed E-state index contributed by atoms with van der Waals surface area (Å²) in [6, 6.07) is 16.9. The van der Waals surface area contributed by atoms with Gasteiger partial charge in [-0.15, -0.1) is 0 Å². The smallest absolute Gasteiger partial charge is 0.144 e. The molecule has 0 spiro atoms. The molecule has 2 aromatic heterocycles. The van der Waals surface area contributed by atoms with E-state index in [4.69, 9.17) is 4.42 Å². The third kappa shape index (κ3) is 2.30. The minimum atomic E-state index is 0.487. The van der Waals surface area contributed by atoms with Gasteiger partial charge in [-0.05, 0) is 35.6 Å². The zero-order valence-corrected chi connectivity index (χ0v) is 14.3. The highest BCUT2D eigenvalue weighted by Gasteiger charge is 2.14. The van der Waals surface area contributed by atoms with Crippen LogP contribution in [0.3, 0.4) is 0 Å². The summed E-state index contributed by atoms with van der Waals surface area (Å²) in [5, 5.41) is 2.34. The fourth-order valence-corrected chi connectivity index (χ4v) is 3.26. The Morgan fingerprint density at radius 2 is 1.67 bits per heavy atom. The van der Waals surface area contributed by atoms with Crippen LogP contribution in [0.2, 0.25) is 0 Å². The first-order valence-corrected chi connectivity index (χ1v) is 8.58. The van der Waals surface area contributed by atoms with Gasteiger partial charge in [0, 0.05) is 22.5 Å². The standard InChI is InChI=1S/C22H21NO/c1-4-15-7-5-8-17-18-9-6-10-19(22(18)24-21(15)17)20-12-11-16(13-23-20)14(2)3/h5-14H,4H2,1-3H3. The Morgan fingerprint density at radius 1 is 0.917 bits per heavy atom. The highest BCUT2D eigenvalue weighted by atomic mass is 16.3. The number of pyridine rings is 1. The van der Waals surface area contributed by atoms with E-state index in [9.17, 15) is 0 Å². The molecule has 2 aromatic carbocycles. The molecule has 0 N–H and O–H groups in total. The molecule has 24 heavy (non-hydrogen) atoms. The lowest BCUT2D eigenvalue weighted by molar-refractivity contribution is 0.664. The van der Waals surface area contributed by atoms with Crippen LogP contribution in [0.5, 0.6) is 0 Å². The third-order valence-electron chi connectivity index (χ3n) is 4.72. The number of benzene rings is 2. The minimum Gasteiger partial charge on any atom is -0.455 e. The normalized spacial score (nSPS) is 11.7. The lowest BCUT2D eigenvalue weighted by atomic mass is 10.0. The summed E-state index contributed by atoms with van der Waals surface area (Å²) in [5.41, 5.74) is 6.45. The van der Waals surface area contributed by atoms with E-state index >= 15 is 0 Å². The topological polar surface area (TPSA) is 26.0 Å². The van der Waals surface area contributed by atoms with E-state index in [1.807, 2.05) is 6.20 Å². The molecule has 0 aliphatic heterocycles. The zero-order chi connectivity index (χ0) is 16.7. The fraction of sp³-hybridized carbons (Fsp3) is 0.227. The fourth-order valence-electron chi connectivity index (χ4n) is 3.26. The van der Waals surface area contributed by atoms with Crippen molar-refractivity contribution in [2.45, 2.75) is 33.1 Å². The number of aromatic nitrogens is 1. The summed E-state index contributed by atoms with van der Waals surface area (Å²) in [5.74, 6) is 0.487. The molecule has 2 nitrogen and oxygen atoms in total. The van der Waals surface area contributed by atoms with Gasteiger partial charge in [-0.25, -0.2) is 0 Å². The van der Waals surface area contributed by atoms with E-state index in [2.05, 4.69) is 74.3 Å². The van der Waals surface area contributed by atoms with Crippen molar-refractivity contribution in [1.29, 1.82) is 0 Å². The molecule has 0 unspecified atom stereocenters. The number of hydrogen-bond acceptors (Lipinski definition) is 2. The molecular formula is C22H21NO. The first-order chi connectivity index (χ1) is 11.7. The van der Waals surface area contributed by atoms with Crippen molar-refractivity contribution in [3.8, 4) is 11.3 Å². The van der Waals surface area contributed by atoms with Crippen LogP contribution >= 0.6 is 0 Å². The second kappa shape index (κ2) is 5.79. The van der Waals surface area contributed by atoms with Gasteiger partial charge in [-0.3, -0.25) is 4.98 Å². The van der Waals surface area contributed by atoms with Gasteiger partial charge in [0.25, 0.3) is 0 Å². The van der Waals surface area contributed by atoms with Crippen LogP contribution < -0.4 is 0 Å². The molecule has 0 fully saturated rings. The number of rotatable bonds is 3. The van der Waals surface area contributed by atoms with Crippen molar-refractivity contribution in [1.82, 2.24) is 4.98 Å². The molecule has 0 radical (unpaired) electrons. The van der Waals surface area contributed by atoms with E-state index in [0.29, 0.717) is 5.92 Å². The first kappa shape index (κ1) is 14.9. The number of para-hydroxylation sites is 2. The van der Waals surface area contributed by atoms with Crippen molar-refractivity contribution < 1.29 is 4.42 Å². The molecule has 4 rings (SSSR count). The quantitative estimate of drug-likeness (QED) is 0.441. The van der Waals surface area contributed by atoms with Crippen molar-refractivity contribution in [3.05, 3.63) is 65.9 Å². The molecule has 4 aromatic rings. The molecule has 0 saturated heterocycles. The molecule has 0 saturated carbocycles. The van der Waals surface area contributed by atoms with Crippen LogP contribution in [-0.2, 0) is 6.42 Å². The maximum absolute atomic E-state index is 6.30. The Labute approximate surface area is 142 Å². The van der Waals surface area contributed by atoms with Crippen molar-refractivity contribution in [3.63, 3.8) is 0 Å². The Balaban J connectivity index is 1.96. The maximum Gasteiger partial charge on any atom is 0.144 e. The molecule has 0 atom stereocenters. The predicted octanol–water partition coefficient (Wildman–Crippen LogP) is 6.33. The van der Waals surface area contributed by atoms with Crippen molar-refractivity contribution in [2.24, 2.45) is 0 Å². The van der Waals surface area contributed by atoms with Crippen LogP contribution in [0.4, 0.5) is 0 Å². The van der Waals surface area contributed by atoms with Gasteiger partial charge < -0.3 is 4.42 Å². The van der Waals surface area contributed by atoms with Crippen LogP contribution in [0.1, 0.15) is 37.8 Å². The molecule has 0 aliphatic carbocycles. The highest BCUT2D eigenvalue weighted by Crippen LogP contribution is 2.36. The van der Waals surface area contributed by atoms with Gasteiger partial charge in [0.15, 0.2) is 0 Å². The molecule has 0 bridgehead atoms. The molecule has 0 amide bonds. The molecule has 2 heteroatoms. The highest BCUT2D eigenvalue weighted by molar-refractivity contribution is 6.10. The van der Waals surface area contributed by atoms with E-state index in [0.717, 1.165) is 34.2 Å². The van der Waals surface area contributed by atoms with Crippen LogP contribution in [0, 0.1) is 0 Å². The van der Waals surface area contributed by atoms with Crippen LogP contribution in [0.25, 0.3) is 33.2 Å². The monoisotopic (exact) mass is 315 g/mol. The Hall–Kier alpha value is -2.61. The van der Waals surface area contributed by atoms with Crippen molar-refractivity contribution >= 4 is 21.9 Å². The lowest BCUT2D eigenvalue weighted by Gasteiger charge is -2.06. The average Bonchev–Trinajstić information content (AvgIpc) is 3.00. The second-order valence-corrected chi connectivity index (χ2v) is 6.56. The largest absolute Gasteiger partial charge is 0.455 e. The lowest BCUT2D eigenvalue weighted by Crippen LogP contribution is -1.90. The SMILES string of the molecule is CCc1cccc2c1oc1c(-c3ccc(C(C)C)cn3)cccc12. The molecular weight excluding hydrogens is 294 g/mol. The average molecular weight is 315 g/mol. The van der Waals surface area contributed by atoms with Crippen LogP contribution in [0.15, 0.2) is 59.1 Å². The van der Waals surface area contributed by atoms with E-state index in [1.54, 1.807) is 0 Å². The summed E-state index contributed by atoms with van der Waals surface area (Å²) < 4.78 is 6.30. The number of fused-ring (bicyclic) bond motifs is 3. The minimum absolute atomic E-state index is 0.487. The second-order valence-electron chi connectivity index (χ2n) is 6.56. The van der Waals surface area contributed by atoms with Gasteiger partial charge in [0.1, 0.15) is 11.2 Å². The maximum atomic E-state index is 6.30. The zero-order valence-electron chi connectivity index (χ0n) is 14.3. The summed E-state index contributed by atoms with van der Waals surface area (Å²) in [6.45, 7) is 6.53.